The van der Waals surface area contributed by atoms with Gasteiger partial charge in [-0.15, -0.1) is 0 Å². The minimum absolute atomic E-state index is 0.0567. The zero-order chi connectivity index (χ0) is 21.3. The molecular weight excluding hydrogens is 388 g/mol. The van der Waals surface area contributed by atoms with E-state index in [-0.39, 0.29) is 17.4 Å². The van der Waals surface area contributed by atoms with Crippen LogP contribution in [0.4, 0.5) is 0 Å². The topological polar surface area (TPSA) is 65.3 Å². The van der Waals surface area contributed by atoms with Gasteiger partial charge in [0.15, 0.2) is 0 Å². The number of aliphatic hydroxyl groups excluding tert-OH is 2. The van der Waals surface area contributed by atoms with Crippen LogP contribution in [0.3, 0.4) is 0 Å². The molecule has 1 aromatic rings. The summed E-state index contributed by atoms with van der Waals surface area (Å²) >= 11 is 0. The van der Waals surface area contributed by atoms with E-state index in [4.69, 9.17) is 4.84 Å². The van der Waals surface area contributed by atoms with Crippen molar-refractivity contribution in [1.29, 1.82) is 0 Å². The lowest BCUT2D eigenvalue weighted by molar-refractivity contribution is -0.0000172. The molecule has 2 aliphatic carbocycles. The van der Waals surface area contributed by atoms with Crippen LogP contribution in [-0.2, 0) is 4.84 Å². The van der Waals surface area contributed by atoms with Crippen molar-refractivity contribution in [3.05, 3.63) is 59.7 Å². The third kappa shape index (κ3) is 4.36. The third-order valence-electron chi connectivity index (χ3n) is 7.67. The van der Waals surface area contributed by atoms with Crippen LogP contribution in [-0.4, -0.2) is 59.3 Å². The second kappa shape index (κ2) is 8.89. The molecule has 2 aliphatic heterocycles. The summed E-state index contributed by atoms with van der Waals surface area (Å²) in [6.07, 6.45) is 11.9. The maximum atomic E-state index is 9.86. The highest BCUT2D eigenvalue weighted by atomic mass is 16.6. The molecule has 2 heterocycles. The van der Waals surface area contributed by atoms with E-state index in [1.54, 1.807) is 0 Å². The molecule has 0 bridgehead atoms. The van der Waals surface area contributed by atoms with Gasteiger partial charge < -0.3 is 20.0 Å². The van der Waals surface area contributed by atoms with E-state index >= 15 is 0 Å². The Bertz CT molecular complexity index is 851. The van der Waals surface area contributed by atoms with E-state index in [2.05, 4.69) is 46.5 Å². The van der Waals surface area contributed by atoms with Crippen LogP contribution in [0.25, 0.3) is 0 Å². The number of hydrogen-bond acceptors (Lipinski definition) is 5. The van der Waals surface area contributed by atoms with Crippen LogP contribution in [0.1, 0.15) is 50.0 Å². The number of allylic oxidation sites excluding steroid dienone is 2. The zero-order valence-electron chi connectivity index (χ0n) is 18.2. The van der Waals surface area contributed by atoms with E-state index in [0.717, 1.165) is 37.3 Å². The molecule has 1 aromatic carbocycles. The lowest BCUT2D eigenvalue weighted by Gasteiger charge is -2.36. The predicted molar refractivity (Wildman–Crippen MR) is 122 cm³/mol. The second-order valence-corrected chi connectivity index (χ2v) is 9.81. The summed E-state index contributed by atoms with van der Waals surface area (Å²) in [5.41, 5.74) is 3.51. The quantitative estimate of drug-likeness (QED) is 0.704. The first-order valence-electron chi connectivity index (χ1n) is 11.9. The average Bonchev–Trinajstić information content (AvgIpc) is 3.43. The molecule has 2 N–H and O–H groups in total. The molecule has 166 valence electrons. The molecule has 0 amide bonds. The standard InChI is InChI=1S/C26H34N2O3/c29-17-12-19-10-15-28(16-11-19)18-26(13-14-26)25-23(20-4-2-1-3-5-20)24(27-31-25)21-6-8-22(30)9-7-21/h1-8,19,22-23,25,29-30H,9-18H2. The summed E-state index contributed by atoms with van der Waals surface area (Å²) in [4.78, 5) is 8.84. The van der Waals surface area contributed by atoms with E-state index in [9.17, 15) is 10.2 Å². The Kier molecular flexibility index (Phi) is 6.00. The number of hydrogen-bond donors (Lipinski definition) is 2. The number of rotatable bonds is 7. The molecule has 5 heteroatoms. The van der Waals surface area contributed by atoms with Crippen LogP contribution in [0.15, 0.2) is 59.3 Å². The molecular formula is C26H34N2O3. The van der Waals surface area contributed by atoms with Crippen molar-refractivity contribution in [3.8, 4) is 0 Å². The van der Waals surface area contributed by atoms with Crippen molar-refractivity contribution in [1.82, 2.24) is 4.90 Å². The Morgan fingerprint density at radius 3 is 2.55 bits per heavy atom. The van der Waals surface area contributed by atoms with Gasteiger partial charge in [0.05, 0.1) is 17.7 Å². The summed E-state index contributed by atoms with van der Waals surface area (Å²) in [5, 5.41) is 23.7. The Balaban J connectivity index is 1.34. The van der Waals surface area contributed by atoms with E-state index in [0.29, 0.717) is 18.9 Å². The second-order valence-electron chi connectivity index (χ2n) is 9.81. The van der Waals surface area contributed by atoms with Crippen molar-refractivity contribution < 1.29 is 15.1 Å². The Morgan fingerprint density at radius 2 is 1.90 bits per heavy atom. The fraction of sp³-hybridized carbons (Fsp3) is 0.577. The zero-order valence-corrected chi connectivity index (χ0v) is 18.2. The number of aliphatic hydroxyl groups is 2. The van der Waals surface area contributed by atoms with Crippen LogP contribution in [0, 0.1) is 11.3 Å². The lowest BCUT2D eigenvalue weighted by atomic mass is 9.78. The third-order valence-corrected chi connectivity index (χ3v) is 7.67. The van der Waals surface area contributed by atoms with E-state index in [1.807, 2.05) is 12.2 Å². The van der Waals surface area contributed by atoms with Crippen LogP contribution in [0.5, 0.6) is 0 Å². The van der Waals surface area contributed by atoms with Crippen molar-refractivity contribution in [2.24, 2.45) is 16.5 Å². The fourth-order valence-electron chi connectivity index (χ4n) is 5.62. The summed E-state index contributed by atoms with van der Waals surface area (Å²) in [7, 11) is 0. The highest BCUT2D eigenvalue weighted by Gasteiger charge is 2.58. The summed E-state index contributed by atoms with van der Waals surface area (Å²) < 4.78 is 0. The number of nitrogens with zero attached hydrogens (tertiary/aromatic N) is 2. The molecule has 3 atom stereocenters. The molecule has 1 saturated heterocycles. The highest BCUT2D eigenvalue weighted by molar-refractivity contribution is 6.08. The molecule has 31 heavy (non-hydrogen) atoms. The van der Waals surface area contributed by atoms with Crippen molar-refractivity contribution >= 4 is 5.71 Å². The first kappa shape index (κ1) is 20.9. The van der Waals surface area contributed by atoms with Gasteiger partial charge in [-0.3, -0.25) is 0 Å². The van der Waals surface area contributed by atoms with Gasteiger partial charge in [0.2, 0.25) is 0 Å². The average molecular weight is 423 g/mol. The summed E-state index contributed by atoms with van der Waals surface area (Å²) in [6.45, 7) is 3.62. The molecule has 2 fully saturated rings. The minimum Gasteiger partial charge on any atom is -0.396 e. The highest BCUT2D eigenvalue weighted by Crippen LogP contribution is 2.56. The largest absolute Gasteiger partial charge is 0.396 e. The molecule has 4 aliphatic rings. The SMILES string of the molecule is OCCC1CCN(CC2(C3ON=C(C4=CCC(O)C=C4)C3c3ccccc3)CC2)CC1. The van der Waals surface area contributed by atoms with Crippen molar-refractivity contribution in [3.63, 3.8) is 0 Å². The smallest absolute Gasteiger partial charge is 0.146 e. The fourth-order valence-corrected chi connectivity index (χ4v) is 5.62. The maximum Gasteiger partial charge on any atom is 0.146 e. The molecule has 1 saturated carbocycles. The number of piperidine rings is 1. The van der Waals surface area contributed by atoms with Crippen molar-refractivity contribution in [2.75, 3.05) is 26.2 Å². The first-order chi connectivity index (χ1) is 15.2. The Hall–Kier alpha value is -1.95. The Labute approximate surface area is 185 Å². The van der Waals surface area contributed by atoms with Crippen molar-refractivity contribution in [2.45, 2.75) is 56.7 Å². The number of benzene rings is 1. The van der Waals surface area contributed by atoms with Crippen LogP contribution >= 0.6 is 0 Å². The van der Waals surface area contributed by atoms with Crippen LogP contribution < -0.4 is 0 Å². The number of oxime groups is 1. The summed E-state index contributed by atoms with van der Waals surface area (Å²) in [6, 6.07) is 10.6. The number of likely N-dealkylation sites (tertiary alicyclic amines) is 1. The lowest BCUT2D eigenvalue weighted by Crippen LogP contribution is -2.43. The Morgan fingerprint density at radius 1 is 1.13 bits per heavy atom. The monoisotopic (exact) mass is 422 g/mol. The minimum atomic E-state index is -0.402. The van der Waals surface area contributed by atoms with E-state index < -0.39 is 6.10 Å². The van der Waals surface area contributed by atoms with Gasteiger partial charge in [-0.2, -0.15) is 0 Å². The van der Waals surface area contributed by atoms with Crippen LogP contribution in [0.2, 0.25) is 0 Å². The molecule has 5 rings (SSSR count). The van der Waals surface area contributed by atoms with Gasteiger partial charge in [-0.05, 0) is 68.7 Å². The predicted octanol–water partition coefficient (Wildman–Crippen LogP) is 3.65. The molecule has 3 unspecified atom stereocenters. The normalized spacial score (nSPS) is 30.6. The molecule has 5 nitrogen and oxygen atoms in total. The molecule has 0 radical (unpaired) electrons. The van der Waals surface area contributed by atoms with E-state index in [1.165, 1.54) is 31.2 Å². The maximum absolute atomic E-state index is 9.86. The van der Waals surface area contributed by atoms with Gasteiger partial charge in [0.1, 0.15) is 6.10 Å². The van der Waals surface area contributed by atoms with Gasteiger partial charge in [-0.25, -0.2) is 0 Å². The molecule has 0 spiro atoms. The van der Waals surface area contributed by atoms with Gasteiger partial charge in [0, 0.05) is 18.6 Å². The summed E-state index contributed by atoms with van der Waals surface area (Å²) in [5.74, 6) is 0.799. The molecule has 0 aromatic heterocycles. The van der Waals surface area contributed by atoms with Gasteiger partial charge in [-0.1, -0.05) is 53.7 Å². The van der Waals surface area contributed by atoms with Gasteiger partial charge >= 0.3 is 0 Å². The van der Waals surface area contributed by atoms with Gasteiger partial charge in [0.25, 0.3) is 0 Å². The first-order valence-corrected chi connectivity index (χ1v) is 11.9.